The van der Waals surface area contributed by atoms with Crippen LogP contribution in [-0.2, 0) is 0 Å². The van der Waals surface area contributed by atoms with E-state index in [1.54, 1.807) is 25.1 Å². The number of halogens is 1. The number of benzene rings is 1. The lowest BCUT2D eigenvalue weighted by Crippen LogP contribution is -2.32. The molecule has 1 unspecified atom stereocenters. The van der Waals surface area contributed by atoms with E-state index in [-0.39, 0.29) is 11.4 Å². The monoisotopic (exact) mass is 265 g/mol. The van der Waals surface area contributed by atoms with Crippen molar-refractivity contribution in [1.82, 2.24) is 4.57 Å². The van der Waals surface area contributed by atoms with Crippen LogP contribution in [0.4, 0.5) is 0 Å². The molecule has 5 nitrogen and oxygen atoms in total. The van der Waals surface area contributed by atoms with E-state index in [0.29, 0.717) is 15.8 Å². The highest BCUT2D eigenvalue weighted by Gasteiger charge is 2.14. The zero-order valence-electron chi connectivity index (χ0n) is 9.67. The van der Waals surface area contributed by atoms with Crippen molar-refractivity contribution in [3.63, 3.8) is 0 Å². The average Bonchev–Trinajstić information content (AvgIpc) is 2.41. The number of amidine groups is 1. The maximum absolute atomic E-state index is 12.3. The highest BCUT2D eigenvalue weighted by Crippen LogP contribution is 2.21. The highest BCUT2D eigenvalue weighted by molar-refractivity contribution is 6.35. The Hall–Kier alpha value is -2.01. The van der Waals surface area contributed by atoms with Gasteiger partial charge in [0, 0.05) is 17.0 Å². The predicted octanol–water partition coefficient (Wildman–Crippen LogP) is 1.96. The highest BCUT2D eigenvalue weighted by atomic mass is 35.5. The molecule has 3 N–H and O–H groups in total. The second-order valence-corrected chi connectivity index (χ2v) is 4.34. The fraction of sp³-hybridized carbons (Fsp3) is 0.167. The van der Waals surface area contributed by atoms with Gasteiger partial charge in [0.05, 0.1) is 11.1 Å². The second-order valence-electron chi connectivity index (χ2n) is 3.94. The van der Waals surface area contributed by atoms with Crippen LogP contribution in [0.5, 0.6) is 0 Å². The molecule has 0 saturated heterocycles. The van der Waals surface area contributed by atoms with Crippen LogP contribution in [0.1, 0.15) is 13.0 Å². The fourth-order valence-electron chi connectivity index (χ4n) is 1.78. The third-order valence-corrected chi connectivity index (χ3v) is 3.16. The van der Waals surface area contributed by atoms with Gasteiger partial charge in [-0.3, -0.25) is 4.79 Å². The van der Waals surface area contributed by atoms with E-state index in [0.717, 1.165) is 0 Å². The summed E-state index contributed by atoms with van der Waals surface area (Å²) >= 11 is 6.12. The first-order valence-electron chi connectivity index (χ1n) is 5.33. The van der Waals surface area contributed by atoms with Crippen LogP contribution in [0.15, 0.2) is 40.4 Å². The second kappa shape index (κ2) is 4.70. The Morgan fingerprint density at radius 3 is 2.67 bits per heavy atom. The van der Waals surface area contributed by atoms with Crippen LogP contribution >= 0.6 is 11.6 Å². The quantitative estimate of drug-likeness (QED) is 0.377. The molecule has 0 aliphatic rings. The summed E-state index contributed by atoms with van der Waals surface area (Å²) in [5.74, 6) is -0.0524. The fourth-order valence-corrected chi connectivity index (χ4v) is 2.05. The molecular weight excluding hydrogens is 254 g/mol. The first-order valence-corrected chi connectivity index (χ1v) is 5.71. The Morgan fingerprint density at radius 1 is 1.44 bits per heavy atom. The lowest BCUT2D eigenvalue weighted by Gasteiger charge is -2.15. The molecule has 0 fully saturated rings. The molecule has 0 saturated carbocycles. The number of rotatable bonds is 2. The van der Waals surface area contributed by atoms with Gasteiger partial charge in [-0.2, -0.15) is 0 Å². The smallest absolute Gasteiger partial charge is 0.259 e. The van der Waals surface area contributed by atoms with Crippen molar-refractivity contribution in [2.24, 2.45) is 10.9 Å². The largest absolute Gasteiger partial charge is 0.409 e. The lowest BCUT2D eigenvalue weighted by atomic mass is 10.1. The Bertz CT molecular complexity index is 679. The van der Waals surface area contributed by atoms with Crippen LogP contribution in [0.2, 0.25) is 5.02 Å². The van der Waals surface area contributed by atoms with E-state index in [9.17, 15) is 4.79 Å². The van der Waals surface area contributed by atoms with Crippen molar-refractivity contribution in [2.75, 3.05) is 0 Å². The van der Waals surface area contributed by atoms with Crippen LogP contribution in [-0.4, -0.2) is 15.6 Å². The molecule has 0 radical (unpaired) electrons. The summed E-state index contributed by atoms with van der Waals surface area (Å²) < 4.78 is 1.35. The van der Waals surface area contributed by atoms with Gasteiger partial charge in [0.15, 0.2) is 5.84 Å². The molecule has 1 aromatic heterocycles. The summed E-state index contributed by atoms with van der Waals surface area (Å²) in [5.41, 5.74) is 5.28. The number of fused-ring (bicyclic) bond motifs is 1. The number of nitrogens with zero attached hydrogens (tertiary/aromatic N) is 2. The molecule has 0 aliphatic heterocycles. The number of oxime groups is 1. The van der Waals surface area contributed by atoms with Crippen molar-refractivity contribution < 1.29 is 5.21 Å². The van der Waals surface area contributed by atoms with E-state index in [1.807, 2.05) is 6.07 Å². The topological polar surface area (TPSA) is 80.6 Å². The zero-order chi connectivity index (χ0) is 13.3. The maximum Gasteiger partial charge on any atom is 0.259 e. The number of pyridine rings is 1. The Labute approximate surface area is 108 Å². The maximum atomic E-state index is 12.3. The first kappa shape index (κ1) is 12.4. The standard InChI is InChI=1S/C12H12ClN3O2/c1-7(11(14)15-18)16-6-10(13)8-4-2-3-5-9(8)12(16)17/h2-7,18H,1H3,(H2,14,15). The van der Waals surface area contributed by atoms with Gasteiger partial charge in [-0.15, -0.1) is 0 Å². The number of aromatic nitrogens is 1. The van der Waals surface area contributed by atoms with Crippen molar-refractivity contribution in [3.8, 4) is 0 Å². The minimum atomic E-state index is -0.565. The van der Waals surface area contributed by atoms with Crippen LogP contribution in [0.3, 0.4) is 0 Å². The third-order valence-electron chi connectivity index (χ3n) is 2.86. The SMILES string of the molecule is CC(/C(N)=N/O)n1cc(Cl)c2ccccc2c1=O. The van der Waals surface area contributed by atoms with Gasteiger partial charge in [-0.05, 0) is 13.0 Å². The number of hydrogen-bond donors (Lipinski definition) is 2. The molecule has 94 valence electrons. The van der Waals surface area contributed by atoms with Gasteiger partial charge in [-0.1, -0.05) is 35.0 Å². The normalized spacial score (nSPS) is 13.8. The molecule has 6 heteroatoms. The van der Waals surface area contributed by atoms with Crippen LogP contribution in [0, 0.1) is 0 Å². The molecule has 2 aromatic rings. The van der Waals surface area contributed by atoms with Gasteiger partial charge >= 0.3 is 0 Å². The van der Waals surface area contributed by atoms with Crippen molar-refractivity contribution in [1.29, 1.82) is 0 Å². The van der Waals surface area contributed by atoms with Gasteiger partial charge in [0.1, 0.15) is 0 Å². The molecule has 0 bridgehead atoms. The molecule has 0 aliphatic carbocycles. The van der Waals surface area contributed by atoms with Crippen molar-refractivity contribution in [2.45, 2.75) is 13.0 Å². The summed E-state index contributed by atoms with van der Waals surface area (Å²) in [5, 5.41) is 13.2. The summed E-state index contributed by atoms with van der Waals surface area (Å²) in [4.78, 5) is 12.3. The Kier molecular flexibility index (Phi) is 3.25. The lowest BCUT2D eigenvalue weighted by molar-refractivity contribution is 0.314. The number of hydrogen-bond acceptors (Lipinski definition) is 3. The van der Waals surface area contributed by atoms with E-state index < -0.39 is 6.04 Å². The molecule has 0 amide bonds. The minimum Gasteiger partial charge on any atom is -0.409 e. The average molecular weight is 266 g/mol. The van der Waals surface area contributed by atoms with Gasteiger partial charge in [0.25, 0.3) is 5.56 Å². The van der Waals surface area contributed by atoms with E-state index in [2.05, 4.69) is 5.16 Å². The van der Waals surface area contributed by atoms with Crippen molar-refractivity contribution >= 4 is 28.2 Å². The van der Waals surface area contributed by atoms with Crippen molar-refractivity contribution in [3.05, 3.63) is 45.8 Å². The molecule has 1 heterocycles. The first-order chi connectivity index (χ1) is 8.56. The predicted molar refractivity (Wildman–Crippen MR) is 71.3 cm³/mol. The zero-order valence-corrected chi connectivity index (χ0v) is 10.4. The van der Waals surface area contributed by atoms with E-state index >= 15 is 0 Å². The molecular formula is C12H12ClN3O2. The Morgan fingerprint density at radius 2 is 2.06 bits per heavy atom. The van der Waals surface area contributed by atoms with E-state index in [4.69, 9.17) is 22.5 Å². The van der Waals surface area contributed by atoms with Crippen LogP contribution in [0.25, 0.3) is 10.8 Å². The van der Waals surface area contributed by atoms with Crippen LogP contribution < -0.4 is 11.3 Å². The summed E-state index contributed by atoms with van der Waals surface area (Å²) in [6.07, 6.45) is 1.49. The third kappa shape index (κ3) is 1.93. The summed E-state index contributed by atoms with van der Waals surface area (Å²) in [6.45, 7) is 1.65. The molecule has 1 aromatic carbocycles. The minimum absolute atomic E-state index is 0.0524. The molecule has 1 atom stereocenters. The van der Waals surface area contributed by atoms with Gasteiger partial charge in [-0.25, -0.2) is 0 Å². The molecule has 2 rings (SSSR count). The molecule has 18 heavy (non-hydrogen) atoms. The van der Waals surface area contributed by atoms with E-state index in [1.165, 1.54) is 10.8 Å². The number of nitrogens with two attached hydrogens (primary N) is 1. The Balaban J connectivity index is 2.75. The summed E-state index contributed by atoms with van der Waals surface area (Å²) in [6, 6.07) is 6.48. The summed E-state index contributed by atoms with van der Waals surface area (Å²) in [7, 11) is 0. The van der Waals surface area contributed by atoms with Gasteiger partial charge in [0.2, 0.25) is 0 Å². The van der Waals surface area contributed by atoms with Gasteiger partial charge < -0.3 is 15.5 Å². The molecule has 0 spiro atoms.